The number of ether oxygens (including phenoxy) is 2. The first-order valence-electron chi connectivity index (χ1n) is 21.2. The van der Waals surface area contributed by atoms with Gasteiger partial charge in [0.2, 0.25) is 0 Å². The number of esters is 1. The summed E-state index contributed by atoms with van der Waals surface area (Å²) in [6, 6.07) is 0. The number of carbonyl (C=O) groups is 1. The van der Waals surface area contributed by atoms with Gasteiger partial charge in [0.25, 0.3) is 7.82 Å². The molecule has 312 valence electrons. The van der Waals surface area contributed by atoms with Crippen molar-refractivity contribution in [3.8, 4) is 0 Å². The lowest BCUT2D eigenvalue weighted by molar-refractivity contribution is -0.870. The number of likely N-dealkylation sites (N-methyl/N-ethyl adjacent to an activating group) is 1. The second-order valence-corrected chi connectivity index (χ2v) is 16.4. The summed E-state index contributed by atoms with van der Waals surface area (Å²) < 4.78 is 34.4. The maximum atomic E-state index is 12.6. The molecule has 54 heavy (non-hydrogen) atoms. The van der Waals surface area contributed by atoms with E-state index in [0.717, 1.165) is 83.5 Å². The van der Waals surface area contributed by atoms with Crippen LogP contribution in [0.15, 0.2) is 72.9 Å². The average Bonchev–Trinajstić information content (AvgIpc) is 3.12. The second-order valence-electron chi connectivity index (χ2n) is 15.0. The number of phosphoric ester groups is 1. The molecule has 0 fully saturated rings. The van der Waals surface area contributed by atoms with Crippen LogP contribution >= 0.6 is 7.82 Å². The number of nitrogens with zero attached hydrogens (tertiary/aromatic N) is 1. The first-order chi connectivity index (χ1) is 26.1. The van der Waals surface area contributed by atoms with Crippen LogP contribution in [-0.2, 0) is 27.9 Å². The number of phosphoric acid groups is 1. The van der Waals surface area contributed by atoms with Gasteiger partial charge in [-0.1, -0.05) is 151 Å². The monoisotopic (exact) mass is 778 g/mol. The van der Waals surface area contributed by atoms with E-state index in [-0.39, 0.29) is 32.2 Å². The first kappa shape index (κ1) is 51.9. The molecule has 0 amide bonds. The molecule has 0 saturated heterocycles. The second kappa shape index (κ2) is 37.8. The number of hydrogen-bond donors (Lipinski definition) is 0. The highest BCUT2D eigenvalue weighted by atomic mass is 31.2. The van der Waals surface area contributed by atoms with E-state index in [9.17, 15) is 14.3 Å². The highest BCUT2D eigenvalue weighted by Crippen LogP contribution is 2.38. The van der Waals surface area contributed by atoms with Crippen LogP contribution in [0, 0.1) is 0 Å². The van der Waals surface area contributed by atoms with Gasteiger partial charge in [0.15, 0.2) is 0 Å². The molecule has 0 radical (unpaired) electrons. The van der Waals surface area contributed by atoms with Crippen molar-refractivity contribution < 1.29 is 37.3 Å². The molecule has 0 aromatic carbocycles. The molecule has 2 unspecified atom stereocenters. The molecule has 2 atom stereocenters. The zero-order valence-corrected chi connectivity index (χ0v) is 36.0. The molecule has 0 saturated carbocycles. The van der Waals surface area contributed by atoms with Crippen molar-refractivity contribution in [3.63, 3.8) is 0 Å². The summed E-state index contributed by atoms with van der Waals surface area (Å²) in [6.07, 6.45) is 47.7. The largest absolute Gasteiger partial charge is 0.756 e. The molecule has 0 heterocycles. The van der Waals surface area contributed by atoms with Crippen LogP contribution in [0.2, 0.25) is 0 Å². The Morgan fingerprint density at radius 2 is 1.07 bits per heavy atom. The maximum Gasteiger partial charge on any atom is 0.306 e. The number of unbranched alkanes of at least 4 members (excludes halogenated alkanes) is 12. The van der Waals surface area contributed by atoms with Crippen molar-refractivity contribution in [2.24, 2.45) is 0 Å². The predicted molar refractivity (Wildman–Crippen MR) is 226 cm³/mol. The van der Waals surface area contributed by atoms with Gasteiger partial charge in [0, 0.05) is 13.0 Å². The summed E-state index contributed by atoms with van der Waals surface area (Å²) in [5, 5.41) is 0. The summed E-state index contributed by atoms with van der Waals surface area (Å²) in [5.74, 6) is -0.362. The van der Waals surface area contributed by atoms with Gasteiger partial charge in [-0.15, -0.1) is 0 Å². The van der Waals surface area contributed by atoms with Crippen molar-refractivity contribution in [1.29, 1.82) is 0 Å². The third kappa shape index (κ3) is 41.1. The summed E-state index contributed by atoms with van der Waals surface area (Å²) in [5.41, 5.74) is 0. The molecule has 0 spiro atoms. The van der Waals surface area contributed by atoms with Gasteiger partial charge in [-0.05, 0) is 64.2 Å². The zero-order chi connectivity index (χ0) is 39.9. The quantitative estimate of drug-likeness (QED) is 0.0202. The number of hydrogen-bond acceptors (Lipinski definition) is 7. The van der Waals surface area contributed by atoms with Crippen LogP contribution < -0.4 is 4.89 Å². The highest BCUT2D eigenvalue weighted by Gasteiger charge is 2.20. The van der Waals surface area contributed by atoms with E-state index in [1.165, 1.54) is 44.9 Å². The zero-order valence-electron chi connectivity index (χ0n) is 35.1. The Balaban J connectivity index is 4.25. The van der Waals surface area contributed by atoms with E-state index in [1.807, 2.05) is 21.1 Å². The van der Waals surface area contributed by atoms with E-state index < -0.39 is 13.9 Å². The van der Waals surface area contributed by atoms with Gasteiger partial charge in [0.05, 0.1) is 34.4 Å². The normalized spacial score (nSPS) is 14.6. The van der Waals surface area contributed by atoms with Gasteiger partial charge in [-0.2, -0.15) is 0 Å². The smallest absolute Gasteiger partial charge is 0.306 e. The molecule has 0 bridgehead atoms. The van der Waals surface area contributed by atoms with Gasteiger partial charge >= 0.3 is 5.97 Å². The van der Waals surface area contributed by atoms with E-state index in [0.29, 0.717) is 17.6 Å². The van der Waals surface area contributed by atoms with E-state index in [1.54, 1.807) is 0 Å². The molecule has 8 nitrogen and oxygen atoms in total. The van der Waals surface area contributed by atoms with Gasteiger partial charge in [-0.25, -0.2) is 0 Å². The summed E-state index contributed by atoms with van der Waals surface area (Å²) in [7, 11) is 1.33. The highest BCUT2D eigenvalue weighted by molar-refractivity contribution is 7.45. The Bertz CT molecular complexity index is 1090. The Morgan fingerprint density at radius 1 is 0.593 bits per heavy atom. The van der Waals surface area contributed by atoms with Crippen molar-refractivity contribution in [1.82, 2.24) is 0 Å². The van der Waals surface area contributed by atoms with E-state index in [4.69, 9.17) is 18.5 Å². The molecular formula is C45H80NO7P. The van der Waals surface area contributed by atoms with Crippen LogP contribution in [0.5, 0.6) is 0 Å². The van der Waals surface area contributed by atoms with Crippen molar-refractivity contribution in [2.45, 2.75) is 155 Å². The Hall–Kier alpha value is -2.06. The van der Waals surface area contributed by atoms with Crippen LogP contribution in [-0.4, -0.2) is 70.7 Å². The van der Waals surface area contributed by atoms with Crippen LogP contribution in [0.1, 0.15) is 149 Å². The molecule has 9 heteroatoms. The fourth-order valence-corrected chi connectivity index (χ4v) is 5.98. The predicted octanol–water partition coefficient (Wildman–Crippen LogP) is 11.7. The van der Waals surface area contributed by atoms with Crippen molar-refractivity contribution >= 4 is 13.8 Å². The van der Waals surface area contributed by atoms with Gasteiger partial charge in [-0.3, -0.25) is 9.36 Å². The summed E-state index contributed by atoms with van der Waals surface area (Å²) in [6.45, 7) is 5.22. The topological polar surface area (TPSA) is 94.1 Å². The van der Waals surface area contributed by atoms with Crippen LogP contribution in [0.25, 0.3) is 0 Å². The van der Waals surface area contributed by atoms with Crippen molar-refractivity contribution in [2.75, 3.05) is 54.1 Å². The van der Waals surface area contributed by atoms with Gasteiger partial charge < -0.3 is 27.9 Å². The number of quaternary nitrogens is 1. The lowest BCUT2D eigenvalue weighted by Crippen LogP contribution is -2.37. The van der Waals surface area contributed by atoms with Crippen LogP contribution in [0.4, 0.5) is 0 Å². The minimum absolute atomic E-state index is 0.0178. The van der Waals surface area contributed by atoms with Crippen molar-refractivity contribution in [3.05, 3.63) is 72.9 Å². The molecule has 0 rings (SSSR count). The SMILES string of the molecule is CC/C=C\C/C=C\C/C=C\C/C=C\C/C=C\C/C=C\CCCCCCC(=O)OC(COCCCCCCCCCCC)COP(=O)([O-])OCC[N+](C)(C)C. The minimum Gasteiger partial charge on any atom is -0.756 e. The third-order valence-corrected chi connectivity index (χ3v) is 9.49. The third-order valence-electron chi connectivity index (χ3n) is 8.52. The molecular weight excluding hydrogens is 697 g/mol. The fraction of sp³-hybridized carbons (Fsp3) is 0.711. The number of allylic oxidation sites excluding steroid dienone is 12. The van der Waals surface area contributed by atoms with Gasteiger partial charge in [0.1, 0.15) is 19.3 Å². The minimum atomic E-state index is -4.53. The lowest BCUT2D eigenvalue weighted by Gasteiger charge is -2.28. The molecule has 0 aromatic rings. The molecule has 0 aromatic heterocycles. The maximum absolute atomic E-state index is 12.6. The fourth-order valence-electron chi connectivity index (χ4n) is 5.25. The summed E-state index contributed by atoms with van der Waals surface area (Å²) in [4.78, 5) is 25.0. The Morgan fingerprint density at radius 3 is 1.61 bits per heavy atom. The standard InChI is InChI=1S/C45H80NO7P/c1-6-8-10-12-14-16-17-18-19-20-21-22-23-24-25-26-27-28-29-30-32-34-36-38-45(47)53-44(43-52-54(48,49)51-41-39-46(3,4)5)42-50-40-37-35-33-31-15-13-11-9-7-2/h8,10,14,16,18-19,21-22,24-25,27-28,44H,6-7,9,11-13,15,17,20,23,26,29-43H2,1-5H3/b10-8-,16-14-,19-18-,22-21-,25-24-,28-27-. The Kier molecular flexibility index (Phi) is 36.4. The Labute approximate surface area is 332 Å². The molecule has 0 aliphatic heterocycles. The van der Waals surface area contributed by atoms with E-state index in [2.05, 4.69) is 86.8 Å². The average molecular weight is 778 g/mol. The number of carbonyl (C=O) groups excluding carboxylic acids is 1. The lowest BCUT2D eigenvalue weighted by atomic mass is 10.1. The van der Waals surface area contributed by atoms with E-state index >= 15 is 0 Å². The number of rotatable bonds is 38. The molecule has 0 N–H and O–H groups in total. The summed E-state index contributed by atoms with van der Waals surface area (Å²) >= 11 is 0. The molecule has 0 aliphatic carbocycles. The molecule has 0 aliphatic rings. The first-order valence-corrected chi connectivity index (χ1v) is 22.6. The van der Waals surface area contributed by atoms with Crippen LogP contribution in [0.3, 0.4) is 0 Å².